The molecule has 3 amide bonds. The van der Waals surface area contributed by atoms with Gasteiger partial charge in [0.2, 0.25) is 5.91 Å². The number of likely N-dealkylation sites (tertiary alicyclic amines) is 1. The number of nitrogens with one attached hydrogen (secondary N) is 1. The van der Waals surface area contributed by atoms with Gasteiger partial charge in [-0.3, -0.25) is 4.79 Å². The van der Waals surface area contributed by atoms with E-state index in [1.165, 1.54) is 6.33 Å². The summed E-state index contributed by atoms with van der Waals surface area (Å²) in [4.78, 5) is 36.7. The minimum Gasteiger partial charge on any atom is -0.335 e. The monoisotopic (exact) mass is 371 g/mol. The van der Waals surface area contributed by atoms with Gasteiger partial charge in [-0.1, -0.05) is 12.2 Å². The molecule has 0 spiro atoms. The molecule has 1 aliphatic carbocycles. The molecular weight excluding hydrogens is 342 g/mol. The summed E-state index contributed by atoms with van der Waals surface area (Å²) >= 11 is 0. The molecule has 7 nitrogen and oxygen atoms in total. The number of allylic oxidation sites excluding steroid dienone is 1. The second-order valence-electron chi connectivity index (χ2n) is 7.38. The van der Waals surface area contributed by atoms with Gasteiger partial charge in [0.25, 0.3) is 0 Å². The third kappa shape index (κ3) is 5.52. The normalized spacial score (nSPS) is 22.8. The van der Waals surface area contributed by atoms with Crippen molar-refractivity contribution < 1.29 is 9.59 Å². The molecule has 3 rings (SSSR count). The molecule has 1 saturated heterocycles. The third-order valence-electron chi connectivity index (χ3n) is 5.36. The van der Waals surface area contributed by atoms with Gasteiger partial charge in [-0.2, -0.15) is 0 Å². The predicted octanol–water partition coefficient (Wildman–Crippen LogP) is 2.50. The van der Waals surface area contributed by atoms with Crippen LogP contribution >= 0.6 is 0 Å². The summed E-state index contributed by atoms with van der Waals surface area (Å²) in [5, 5.41) is 3.13. The number of nitrogens with zero attached hydrogens (tertiary/aromatic N) is 4. The molecule has 0 radical (unpaired) electrons. The lowest BCUT2D eigenvalue weighted by Crippen LogP contribution is -2.45. The van der Waals surface area contributed by atoms with Gasteiger partial charge >= 0.3 is 6.03 Å². The van der Waals surface area contributed by atoms with Crippen LogP contribution < -0.4 is 5.32 Å². The van der Waals surface area contributed by atoms with Gasteiger partial charge < -0.3 is 15.1 Å². The van der Waals surface area contributed by atoms with Gasteiger partial charge in [-0.15, -0.1) is 0 Å². The summed E-state index contributed by atoms with van der Waals surface area (Å²) in [6, 6.07) is 0.296. The first-order valence-electron chi connectivity index (χ1n) is 9.86. The quantitative estimate of drug-likeness (QED) is 0.825. The molecule has 2 atom stereocenters. The Morgan fingerprint density at radius 2 is 2.00 bits per heavy atom. The Morgan fingerprint density at radius 1 is 1.19 bits per heavy atom. The van der Waals surface area contributed by atoms with Crippen LogP contribution in [0.3, 0.4) is 0 Å². The van der Waals surface area contributed by atoms with Gasteiger partial charge in [0, 0.05) is 56.6 Å². The molecule has 2 aliphatic rings. The first-order valence-corrected chi connectivity index (χ1v) is 9.86. The number of carbonyl (C=O) groups is 2. The fourth-order valence-electron chi connectivity index (χ4n) is 3.88. The summed E-state index contributed by atoms with van der Waals surface area (Å²) in [6.45, 7) is 3.52. The van der Waals surface area contributed by atoms with Crippen LogP contribution in [0.1, 0.15) is 51.0 Å². The number of amides is 3. The van der Waals surface area contributed by atoms with Gasteiger partial charge in [0.15, 0.2) is 0 Å². The number of hydrogen-bond donors (Lipinski definition) is 1. The second kappa shape index (κ2) is 9.48. The van der Waals surface area contributed by atoms with Crippen molar-refractivity contribution in [1.29, 1.82) is 0 Å². The molecule has 1 N–H and O–H groups in total. The van der Waals surface area contributed by atoms with Gasteiger partial charge in [-0.05, 0) is 38.5 Å². The van der Waals surface area contributed by atoms with Crippen molar-refractivity contribution in [3.05, 3.63) is 36.4 Å². The van der Waals surface area contributed by atoms with Crippen molar-refractivity contribution in [1.82, 2.24) is 25.1 Å². The van der Waals surface area contributed by atoms with Gasteiger partial charge in [0.05, 0.1) is 0 Å². The Kier molecular flexibility index (Phi) is 6.79. The van der Waals surface area contributed by atoms with Crippen LogP contribution in [-0.4, -0.2) is 56.9 Å². The van der Waals surface area contributed by atoms with Crippen molar-refractivity contribution in [3.8, 4) is 0 Å². The zero-order valence-corrected chi connectivity index (χ0v) is 16.0. The van der Waals surface area contributed by atoms with Gasteiger partial charge in [-0.25, -0.2) is 14.8 Å². The Morgan fingerprint density at radius 3 is 2.70 bits per heavy atom. The summed E-state index contributed by atoms with van der Waals surface area (Å²) in [5.74, 6) is 0.0501. The maximum absolute atomic E-state index is 12.6. The highest BCUT2D eigenvalue weighted by molar-refractivity contribution is 5.75. The first kappa shape index (κ1) is 19.3. The molecule has 7 heteroatoms. The minimum atomic E-state index is 0.0121. The number of aromatic nitrogens is 2. The molecule has 0 saturated carbocycles. The van der Waals surface area contributed by atoms with E-state index in [0.29, 0.717) is 13.1 Å². The minimum absolute atomic E-state index is 0.0121. The summed E-state index contributed by atoms with van der Waals surface area (Å²) in [7, 11) is 0. The van der Waals surface area contributed by atoms with Crippen LogP contribution in [0.25, 0.3) is 0 Å². The van der Waals surface area contributed by atoms with E-state index in [2.05, 4.69) is 27.4 Å². The standard InChI is InChI=1S/C20H29N5O2/c1-16(26)25(14-17-12-21-15-22-13-17)19-8-5-10-24(11-9-19)20(27)23-18-6-3-2-4-7-18/h3,6,12-13,15,18-19H,2,4-5,7-11,14H2,1H3,(H,23,27)/t18-,19+/m1/s1. The topological polar surface area (TPSA) is 78.4 Å². The number of urea groups is 1. The SMILES string of the molecule is CC(=O)N(Cc1cncnc1)[C@H]1CCCN(C(=O)N[C@@H]2C=CCCC2)CC1. The second-order valence-corrected chi connectivity index (χ2v) is 7.38. The number of rotatable bonds is 4. The van der Waals surface area contributed by atoms with Crippen molar-refractivity contribution in [2.45, 2.75) is 64.1 Å². The van der Waals surface area contributed by atoms with Crippen LogP contribution in [0.2, 0.25) is 0 Å². The molecule has 1 aromatic heterocycles. The largest absolute Gasteiger partial charge is 0.335 e. The van der Waals surface area contributed by atoms with Crippen LogP contribution in [0.5, 0.6) is 0 Å². The van der Waals surface area contributed by atoms with E-state index < -0.39 is 0 Å². The van der Waals surface area contributed by atoms with Crippen molar-refractivity contribution in [2.24, 2.45) is 0 Å². The highest BCUT2D eigenvalue weighted by Gasteiger charge is 2.27. The molecule has 146 valence electrons. The van der Waals surface area contributed by atoms with E-state index in [4.69, 9.17) is 0 Å². The van der Waals surface area contributed by atoms with E-state index in [1.54, 1.807) is 19.3 Å². The zero-order chi connectivity index (χ0) is 19.1. The fraction of sp³-hybridized carbons (Fsp3) is 0.600. The Labute approximate surface area is 160 Å². The summed E-state index contributed by atoms with van der Waals surface area (Å²) in [6.07, 6.45) is 15.1. The molecule has 2 heterocycles. The summed E-state index contributed by atoms with van der Waals surface area (Å²) < 4.78 is 0. The van der Waals surface area contributed by atoms with E-state index in [0.717, 1.165) is 50.6 Å². The summed E-state index contributed by atoms with van der Waals surface area (Å²) in [5.41, 5.74) is 0.927. The lowest BCUT2D eigenvalue weighted by atomic mass is 10.0. The Bertz CT molecular complexity index is 664. The Balaban J connectivity index is 1.57. The Hall–Kier alpha value is -2.44. The smallest absolute Gasteiger partial charge is 0.317 e. The molecule has 0 unspecified atom stereocenters. The van der Waals surface area contributed by atoms with E-state index in [9.17, 15) is 9.59 Å². The lowest BCUT2D eigenvalue weighted by Gasteiger charge is -2.30. The van der Waals surface area contributed by atoms with Crippen molar-refractivity contribution in [3.63, 3.8) is 0 Å². The van der Waals surface area contributed by atoms with Crippen LogP contribution in [-0.2, 0) is 11.3 Å². The average Bonchev–Trinajstić information content (AvgIpc) is 2.93. The fourth-order valence-corrected chi connectivity index (χ4v) is 3.88. The molecule has 0 bridgehead atoms. The molecular formula is C20H29N5O2. The van der Waals surface area contributed by atoms with Crippen molar-refractivity contribution in [2.75, 3.05) is 13.1 Å². The third-order valence-corrected chi connectivity index (χ3v) is 5.36. The van der Waals surface area contributed by atoms with Crippen LogP contribution in [0.15, 0.2) is 30.9 Å². The molecule has 1 aliphatic heterocycles. The molecule has 27 heavy (non-hydrogen) atoms. The highest BCUT2D eigenvalue weighted by Crippen LogP contribution is 2.20. The maximum Gasteiger partial charge on any atom is 0.317 e. The van der Waals surface area contributed by atoms with Gasteiger partial charge in [0.1, 0.15) is 6.33 Å². The zero-order valence-electron chi connectivity index (χ0n) is 16.0. The maximum atomic E-state index is 12.6. The number of carbonyl (C=O) groups excluding carboxylic acids is 2. The van der Waals surface area contributed by atoms with Crippen LogP contribution in [0, 0.1) is 0 Å². The average molecular weight is 371 g/mol. The van der Waals surface area contributed by atoms with Crippen molar-refractivity contribution >= 4 is 11.9 Å². The molecule has 1 aromatic rings. The highest BCUT2D eigenvalue weighted by atomic mass is 16.2. The molecule has 1 fully saturated rings. The van der Waals surface area contributed by atoms with Crippen LogP contribution in [0.4, 0.5) is 4.79 Å². The predicted molar refractivity (Wildman–Crippen MR) is 103 cm³/mol. The van der Waals surface area contributed by atoms with E-state index >= 15 is 0 Å². The van der Waals surface area contributed by atoms with E-state index in [-0.39, 0.29) is 24.0 Å². The lowest BCUT2D eigenvalue weighted by molar-refractivity contribution is -0.132. The van der Waals surface area contributed by atoms with E-state index in [1.807, 2.05) is 9.80 Å². The number of hydrogen-bond acceptors (Lipinski definition) is 4. The molecule has 0 aromatic carbocycles. The first-order chi connectivity index (χ1) is 13.1.